The van der Waals surface area contributed by atoms with Crippen LogP contribution in [0.5, 0.6) is 0 Å². The number of para-hydroxylation sites is 1. The van der Waals surface area contributed by atoms with E-state index in [2.05, 4.69) is 9.97 Å². The monoisotopic (exact) mass is 397 g/mol. The van der Waals surface area contributed by atoms with Gasteiger partial charge in [-0.1, -0.05) is 23.5 Å². The summed E-state index contributed by atoms with van der Waals surface area (Å²) < 4.78 is 14.1. The molecule has 2 aromatic heterocycles. The molecular formula is C20H16FN3OS2. The molecule has 2 heterocycles. The lowest BCUT2D eigenvalue weighted by atomic mass is 10.2. The molecule has 0 fully saturated rings. The molecule has 7 heteroatoms. The maximum Gasteiger partial charge on any atom is 0.234 e. The van der Waals surface area contributed by atoms with Crippen LogP contribution in [-0.4, -0.2) is 22.4 Å². The van der Waals surface area contributed by atoms with E-state index in [1.165, 1.54) is 34.8 Å². The number of hydrogen-bond acceptors (Lipinski definition) is 5. The van der Waals surface area contributed by atoms with Crippen LogP contribution in [0.1, 0.15) is 12.6 Å². The van der Waals surface area contributed by atoms with Crippen molar-refractivity contribution in [3.05, 3.63) is 65.4 Å². The van der Waals surface area contributed by atoms with E-state index in [1.807, 2.05) is 36.6 Å². The Bertz CT molecular complexity index is 1060. The van der Waals surface area contributed by atoms with Crippen molar-refractivity contribution in [1.82, 2.24) is 9.97 Å². The zero-order valence-corrected chi connectivity index (χ0v) is 16.2. The van der Waals surface area contributed by atoms with Crippen molar-refractivity contribution in [3.63, 3.8) is 0 Å². The fourth-order valence-corrected chi connectivity index (χ4v) is 4.63. The number of amides is 1. The average Bonchev–Trinajstić information content (AvgIpc) is 3.30. The highest BCUT2D eigenvalue weighted by molar-refractivity contribution is 7.22. The number of anilines is 1. The number of nitrogens with zero attached hydrogens (tertiary/aromatic N) is 3. The Morgan fingerprint density at radius 2 is 1.89 bits per heavy atom. The summed E-state index contributed by atoms with van der Waals surface area (Å²) in [7, 11) is 0. The summed E-state index contributed by atoms with van der Waals surface area (Å²) in [6.07, 6.45) is 0.210. The summed E-state index contributed by atoms with van der Waals surface area (Å²) in [4.78, 5) is 23.6. The van der Waals surface area contributed by atoms with E-state index in [1.54, 1.807) is 17.0 Å². The third-order valence-electron chi connectivity index (χ3n) is 4.11. The molecule has 0 aliphatic carbocycles. The molecule has 0 N–H and O–H groups in total. The van der Waals surface area contributed by atoms with Gasteiger partial charge in [-0.15, -0.1) is 11.3 Å². The highest BCUT2D eigenvalue weighted by atomic mass is 32.1. The molecule has 0 radical (unpaired) electrons. The number of carbonyl (C=O) groups is 1. The Labute approximate surface area is 163 Å². The molecule has 0 unspecified atom stereocenters. The molecule has 0 spiro atoms. The Kier molecular flexibility index (Phi) is 4.96. The van der Waals surface area contributed by atoms with Gasteiger partial charge in [-0.2, -0.15) is 0 Å². The fraction of sp³-hybridized carbons (Fsp3) is 0.150. The molecule has 4 aromatic rings. The lowest BCUT2D eigenvalue weighted by Crippen LogP contribution is -2.31. The molecular weight excluding hydrogens is 381 g/mol. The number of aromatic nitrogens is 2. The molecule has 27 heavy (non-hydrogen) atoms. The topological polar surface area (TPSA) is 46.1 Å². The van der Waals surface area contributed by atoms with Crippen molar-refractivity contribution in [2.24, 2.45) is 0 Å². The summed E-state index contributed by atoms with van der Waals surface area (Å²) in [5, 5.41) is 3.36. The molecule has 1 amide bonds. The van der Waals surface area contributed by atoms with Crippen LogP contribution in [0.15, 0.2) is 53.9 Å². The smallest absolute Gasteiger partial charge is 0.234 e. The summed E-state index contributed by atoms with van der Waals surface area (Å²) in [5.74, 6) is -0.312. The van der Waals surface area contributed by atoms with Gasteiger partial charge in [0, 0.05) is 17.5 Å². The molecule has 136 valence electrons. The predicted molar refractivity (Wildman–Crippen MR) is 109 cm³/mol. The van der Waals surface area contributed by atoms with Gasteiger partial charge in [-0.3, -0.25) is 9.69 Å². The van der Waals surface area contributed by atoms with Gasteiger partial charge >= 0.3 is 0 Å². The standard InChI is InChI=1S/C20H16FN3OS2/c1-2-24(20-23-16-5-3-4-6-17(16)27-20)18(25)11-15-12-26-19(22-15)13-7-9-14(21)10-8-13/h3-10,12H,2,11H2,1H3. The van der Waals surface area contributed by atoms with Gasteiger partial charge in [0.25, 0.3) is 0 Å². The lowest BCUT2D eigenvalue weighted by Gasteiger charge is -2.16. The second kappa shape index (κ2) is 7.54. The van der Waals surface area contributed by atoms with Crippen LogP contribution >= 0.6 is 22.7 Å². The second-order valence-corrected chi connectivity index (χ2v) is 7.80. The van der Waals surface area contributed by atoms with Gasteiger partial charge in [-0.05, 0) is 43.3 Å². The first-order valence-electron chi connectivity index (χ1n) is 8.50. The summed E-state index contributed by atoms with van der Waals surface area (Å²) in [6, 6.07) is 14.1. The molecule has 0 saturated heterocycles. The van der Waals surface area contributed by atoms with Gasteiger partial charge in [-0.25, -0.2) is 14.4 Å². The second-order valence-electron chi connectivity index (χ2n) is 5.93. The average molecular weight is 398 g/mol. The third kappa shape index (κ3) is 3.74. The van der Waals surface area contributed by atoms with E-state index in [0.29, 0.717) is 17.4 Å². The molecule has 0 aliphatic heterocycles. The fourth-order valence-electron chi connectivity index (χ4n) is 2.76. The van der Waals surface area contributed by atoms with Crippen molar-refractivity contribution >= 4 is 43.9 Å². The summed E-state index contributed by atoms with van der Waals surface area (Å²) in [5.41, 5.74) is 2.46. The first-order valence-corrected chi connectivity index (χ1v) is 10.2. The number of carbonyl (C=O) groups excluding carboxylic acids is 1. The lowest BCUT2D eigenvalue weighted by molar-refractivity contribution is -0.118. The van der Waals surface area contributed by atoms with E-state index < -0.39 is 0 Å². The predicted octanol–water partition coefficient (Wildman–Crippen LogP) is 5.15. The molecule has 0 bridgehead atoms. The highest BCUT2D eigenvalue weighted by Gasteiger charge is 2.19. The number of benzene rings is 2. The molecule has 0 saturated carbocycles. The van der Waals surface area contributed by atoms with Crippen LogP contribution in [0.2, 0.25) is 0 Å². The van der Waals surface area contributed by atoms with Crippen LogP contribution in [0.3, 0.4) is 0 Å². The SMILES string of the molecule is CCN(C(=O)Cc1csc(-c2ccc(F)cc2)n1)c1nc2ccccc2s1. The number of fused-ring (bicyclic) bond motifs is 1. The largest absolute Gasteiger partial charge is 0.288 e. The number of rotatable bonds is 5. The van der Waals surface area contributed by atoms with Crippen molar-refractivity contribution in [3.8, 4) is 10.6 Å². The molecule has 4 rings (SSSR count). The minimum Gasteiger partial charge on any atom is -0.288 e. The van der Waals surface area contributed by atoms with Gasteiger partial charge in [0.05, 0.1) is 22.3 Å². The number of likely N-dealkylation sites (N-methyl/N-ethyl adjacent to an activating group) is 1. The quantitative estimate of drug-likeness (QED) is 0.468. The summed E-state index contributed by atoms with van der Waals surface area (Å²) >= 11 is 2.97. The Morgan fingerprint density at radius 3 is 2.63 bits per heavy atom. The Balaban J connectivity index is 1.53. The van der Waals surface area contributed by atoms with E-state index in [9.17, 15) is 9.18 Å². The van der Waals surface area contributed by atoms with E-state index >= 15 is 0 Å². The van der Waals surface area contributed by atoms with Crippen molar-refractivity contribution in [1.29, 1.82) is 0 Å². The molecule has 0 atom stereocenters. The number of hydrogen-bond donors (Lipinski definition) is 0. The maximum atomic E-state index is 13.1. The zero-order valence-electron chi connectivity index (χ0n) is 14.6. The van der Waals surface area contributed by atoms with Gasteiger partial charge < -0.3 is 0 Å². The van der Waals surface area contributed by atoms with Crippen molar-refractivity contribution < 1.29 is 9.18 Å². The highest BCUT2D eigenvalue weighted by Crippen LogP contribution is 2.29. The van der Waals surface area contributed by atoms with Crippen LogP contribution < -0.4 is 4.90 Å². The van der Waals surface area contributed by atoms with E-state index in [4.69, 9.17) is 0 Å². The maximum absolute atomic E-state index is 13.1. The van der Waals surface area contributed by atoms with Crippen LogP contribution in [-0.2, 0) is 11.2 Å². The zero-order chi connectivity index (χ0) is 18.8. The molecule has 4 nitrogen and oxygen atoms in total. The Hall–Kier alpha value is -2.64. The first-order chi connectivity index (χ1) is 13.1. The molecule has 0 aliphatic rings. The van der Waals surface area contributed by atoms with E-state index in [-0.39, 0.29) is 18.1 Å². The van der Waals surface area contributed by atoms with Gasteiger partial charge in [0.1, 0.15) is 10.8 Å². The minimum absolute atomic E-state index is 0.0347. The van der Waals surface area contributed by atoms with Crippen LogP contribution in [0.25, 0.3) is 20.8 Å². The van der Waals surface area contributed by atoms with E-state index in [0.717, 1.165) is 20.8 Å². The normalized spacial score (nSPS) is 11.0. The Morgan fingerprint density at radius 1 is 1.11 bits per heavy atom. The first kappa shape index (κ1) is 17.8. The van der Waals surface area contributed by atoms with Crippen LogP contribution in [0, 0.1) is 5.82 Å². The van der Waals surface area contributed by atoms with Gasteiger partial charge in [0.2, 0.25) is 5.91 Å². The third-order valence-corrected chi connectivity index (χ3v) is 6.11. The molecule has 2 aromatic carbocycles. The van der Waals surface area contributed by atoms with Crippen molar-refractivity contribution in [2.45, 2.75) is 13.3 Å². The van der Waals surface area contributed by atoms with Crippen molar-refractivity contribution in [2.75, 3.05) is 11.4 Å². The summed E-state index contributed by atoms with van der Waals surface area (Å²) in [6.45, 7) is 2.49. The number of halogens is 1. The van der Waals surface area contributed by atoms with Crippen LogP contribution in [0.4, 0.5) is 9.52 Å². The number of thiazole rings is 2. The van der Waals surface area contributed by atoms with Gasteiger partial charge in [0.15, 0.2) is 5.13 Å². The minimum atomic E-state index is -0.278.